The molecular formula is C21H18N4OS. The lowest BCUT2D eigenvalue weighted by Crippen LogP contribution is -2.25. The van der Waals surface area contributed by atoms with E-state index in [1.54, 1.807) is 28.4 Å². The van der Waals surface area contributed by atoms with Crippen LogP contribution in [0.5, 0.6) is 0 Å². The molecule has 4 aromatic rings. The molecule has 0 saturated carbocycles. The van der Waals surface area contributed by atoms with Crippen LogP contribution in [-0.2, 0) is 6.54 Å². The Morgan fingerprint density at radius 1 is 1.11 bits per heavy atom. The molecule has 0 aliphatic carbocycles. The van der Waals surface area contributed by atoms with Gasteiger partial charge in [0.25, 0.3) is 5.91 Å². The molecule has 0 spiro atoms. The number of thiophene rings is 1. The number of carbonyl (C=O) groups is 1. The van der Waals surface area contributed by atoms with Crippen LogP contribution in [-0.4, -0.2) is 20.7 Å². The molecule has 0 atom stereocenters. The summed E-state index contributed by atoms with van der Waals surface area (Å²) in [7, 11) is 0. The van der Waals surface area contributed by atoms with E-state index in [1.165, 1.54) is 0 Å². The van der Waals surface area contributed by atoms with Gasteiger partial charge in [-0.2, -0.15) is 5.10 Å². The molecule has 1 aromatic carbocycles. The first-order valence-electron chi connectivity index (χ1n) is 8.59. The van der Waals surface area contributed by atoms with Crippen LogP contribution >= 0.6 is 11.3 Å². The van der Waals surface area contributed by atoms with Crippen molar-refractivity contribution in [3.63, 3.8) is 0 Å². The number of benzene rings is 1. The number of hydrogen-bond donors (Lipinski definition) is 1. The lowest BCUT2D eigenvalue weighted by molar-refractivity contribution is 0.0943. The SMILES string of the molecule is Cc1ccc(-n2nc(-c3cccs3)cc2C(=O)NCc2ccncc2)cc1. The summed E-state index contributed by atoms with van der Waals surface area (Å²) in [6, 6.07) is 17.6. The van der Waals surface area contributed by atoms with E-state index in [4.69, 9.17) is 0 Å². The van der Waals surface area contributed by atoms with Gasteiger partial charge in [-0.05, 0) is 54.3 Å². The van der Waals surface area contributed by atoms with Gasteiger partial charge < -0.3 is 5.32 Å². The van der Waals surface area contributed by atoms with E-state index in [0.29, 0.717) is 12.2 Å². The Bertz CT molecular complexity index is 1040. The third-order valence-electron chi connectivity index (χ3n) is 4.20. The Labute approximate surface area is 161 Å². The molecule has 27 heavy (non-hydrogen) atoms. The highest BCUT2D eigenvalue weighted by atomic mass is 32.1. The average molecular weight is 374 g/mol. The normalized spacial score (nSPS) is 10.7. The number of aromatic nitrogens is 3. The van der Waals surface area contributed by atoms with Crippen LogP contribution in [0.25, 0.3) is 16.3 Å². The molecule has 5 nitrogen and oxygen atoms in total. The van der Waals surface area contributed by atoms with Crippen LogP contribution in [0.3, 0.4) is 0 Å². The summed E-state index contributed by atoms with van der Waals surface area (Å²) in [6.07, 6.45) is 3.43. The minimum atomic E-state index is -0.164. The Balaban J connectivity index is 1.67. The smallest absolute Gasteiger partial charge is 0.270 e. The second-order valence-electron chi connectivity index (χ2n) is 6.18. The third kappa shape index (κ3) is 3.80. The first kappa shape index (κ1) is 17.2. The van der Waals surface area contributed by atoms with Gasteiger partial charge in [0.15, 0.2) is 0 Å². The molecule has 0 aliphatic rings. The van der Waals surface area contributed by atoms with Gasteiger partial charge in [0.1, 0.15) is 11.4 Å². The van der Waals surface area contributed by atoms with E-state index in [-0.39, 0.29) is 5.91 Å². The molecule has 134 valence electrons. The molecule has 0 saturated heterocycles. The molecule has 0 aliphatic heterocycles. The second-order valence-corrected chi connectivity index (χ2v) is 7.13. The van der Waals surface area contributed by atoms with Gasteiger partial charge in [0.2, 0.25) is 0 Å². The number of nitrogens with one attached hydrogen (secondary N) is 1. The summed E-state index contributed by atoms with van der Waals surface area (Å²) in [6.45, 7) is 2.47. The van der Waals surface area contributed by atoms with Gasteiger partial charge in [-0.1, -0.05) is 23.8 Å². The zero-order valence-corrected chi connectivity index (χ0v) is 15.6. The van der Waals surface area contributed by atoms with Crippen LogP contribution in [0.1, 0.15) is 21.6 Å². The molecule has 6 heteroatoms. The van der Waals surface area contributed by atoms with Crippen molar-refractivity contribution in [2.45, 2.75) is 13.5 Å². The quantitative estimate of drug-likeness (QED) is 0.569. The molecule has 1 amide bonds. The van der Waals surface area contributed by atoms with Crippen LogP contribution in [0.15, 0.2) is 72.4 Å². The summed E-state index contributed by atoms with van der Waals surface area (Å²) in [5.41, 5.74) is 4.32. The molecule has 3 heterocycles. The number of hydrogen-bond acceptors (Lipinski definition) is 4. The van der Waals surface area contributed by atoms with Gasteiger partial charge >= 0.3 is 0 Å². The van der Waals surface area contributed by atoms with E-state index in [9.17, 15) is 4.79 Å². The zero-order valence-electron chi connectivity index (χ0n) is 14.8. The fourth-order valence-corrected chi connectivity index (χ4v) is 3.43. The molecule has 0 fully saturated rings. The topological polar surface area (TPSA) is 59.8 Å². The molecule has 3 aromatic heterocycles. The number of pyridine rings is 1. The maximum Gasteiger partial charge on any atom is 0.270 e. The van der Waals surface area contributed by atoms with Gasteiger partial charge in [-0.3, -0.25) is 9.78 Å². The van der Waals surface area contributed by atoms with Crippen molar-refractivity contribution in [2.24, 2.45) is 0 Å². The van der Waals surface area contributed by atoms with E-state index in [1.807, 2.05) is 66.9 Å². The lowest BCUT2D eigenvalue weighted by Gasteiger charge is -2.08. The van der Waals surface area contributed by atoms with Gasteiger partial charge in [-0.25, -0.2) is 4.68 Å². The maximum atomic E-state index is 12.9. The largest absolute Gasteiger partial charge is 0.347 e. The predicted octanol–water partition coefficient (Wildman–Crippen LogP) is 4.23. The number of carbonyl (C=O) groups excluding carboxylic acids is 1. The minimum Gasteiger partial charge on any atom is -0.347 e. The summed E-state index contributed by atoms with van der Waals surface area (Å²) in [5, 5.41) is 9.66. The van der Waals surface area contributed by atoms with Crippen LogP contribution < -0.4 is 5.32 Å². The molecule has 1 N–H and O–H groups in total. The number of aryl methyl sites for hydroxylation is 1. The van der Waals surface area contributed by atoms with Crippen molar-refractivity contribution in [1.82, 2.24) is 20.1 Å². The number of rotatable bonds is 5. The number of nitrogens with zero attached hydrogens (tertiary/aromatic N) is 3. The van der Waals surface area contributed by atoms with E-state index < -0.39 is 0 Å². The highest BCUT2D eigenvalue weighted by molar-refractivity contribution is 7.13. The summed E-state index contributed by atoms with van der Waals surface area (Å²) in [5.74, 6) is -0.164. The first-order chi connectivity index (χ1) is 13.2. The van der Waals surface area contributed by atoms with Crippen molar-refractivity contribution in [1.29, 1.82) is 0 Å². The molecule has 0 bridgehead atoms. The summed E-state index contributed by atoms with van der Waals surface area (Å²) < 4.78 is 1.70. The number of amides is 1. The summed E-state index contributed by atoms with van der Waals surface area (Å²) in [4.78, 5) is 17.9. The Hall–Kier alpha value is -3.25. The zero-order chi connectivity index (χ0) is 18.6. The highest BCUT2D eigenvalue weighted by Gasteiger charge is 2.18. The minimum absolute atomic E-state index is 0.164. The van der Waals surface area contributed by atoms with Crippen LogP contribution in [0, 0.1) is 6.92 Å². The van der Waals surface area contributed by atoms with Crippen molar-refractivity contribution in [3.8, 4) is 16.3 Å². The first-order valence-corrected chi connectivity index (χ1v) is 9.47. The Morgan fingerprint density at radius 3 is 2.59 bits per heavy atom. The van der Waals surface area contributed by atoms with E-state index in [2.05, 4.69) is 15.4 Å². The van der Waals surface area contributed by atoms with Gasteiger partial charge in [0, 0.05) is 18.9 Å². The van der Waals surface area contributed by atoms with Crippen LogP contribution in [0.4, 0.5) is 0 Å². The summed E-state index contributed by atoms with van der Waals surface area (Å²) >= 11 is 1.60. The molecule has 0 radical (unpaired) electrons. The predicted molar refractivity (Wildman–Crippen MR) is 107 cm³/mol. The van der Waals surface area contributed by atoms with Crippen molar-refractivity contribution >= 4 is 17.2 Å². The Kier molecular flexibility index (Phi) is 4.80. The van der Waals surface area contributed by atoms with E-state index in [0.717, 1.165) is 27.4 Å². The lowest BCUT2D eigenvalue weighted by atomic mass is 10.2. The van der Waals surface area contributed by atoms with Crippen molar-refractivity contribution in [3.05, 3.63) is 89.2 Å². The molecule has 4 rings (SSSR count). The van der Waals surface area contributed by atoms with E-state index >= 15 is 0 Å². The monoisotopic (exact) mass is 374 g/mol. The highest BCUT2D eigenvalue weighted by Crippen LogP contribution is 2.26. The third-order valence-corrected chi connectivity index (χ3v) is 5.09. The second kappa shape index (κ2) is 7.55. The fourth-order valence-electron chi connectivity index (χ4n) is 2.74. The molecule has 0 unspecified atom stereocenters. The average Bonchev–Trinajstić information content (AvgIpc) is 3.37. The van der Waals surface area contributed by atoms with Gasteiger partial charge in [0.05, 0.1) is 10.6 Å². The van der Waals surface area contributed by atoms with Gasteiger partial charge in [-0.15, -0.1) is 11.3 Å². The standard InChI is InChI=1S/C21H18N4OS/c1-15-4-6-17(7-5-15)25-19(13-18(24-25)20-3-2-12-27-20)21(26)23-14-16-8-10-22-11-9-16/h2-13H,14H2,1H3,(H,23,26). The van der Waals surface area contributed by atoms with Crippen molar-refractivity contribution < 1.29 is 4.79 Å². The maximum absolute atomic E-state index is 12.9. The van der Waals surface area contributed by atoms with Crippen molar-refractivity contribution in [2.75, 3.05) is 0 Å². The Morgan fingerprint density at radius 2 is 1.89 bits per heavy atom. The fraction of sp³-hybridized carbons (Fsp3) is 0.0952. The molecular weight excluding hydrogens is 356 g/mol. The van der Waals surface area contributed by atoms with Crippen LogP contribution in [0.2, 0.25) is 0 Å².